The largest absolute Gasteiger partial charge is 0.507 e. The van der Waals surface area contributed by atoms with E-state index in [2.05, 4.69) is 27.5 Å². The van der Waals surface area contributed by atoms with Gasteiger partial charge in [-0.15, -0.1) is 0 Å². The second-order valence-electron chi connectivity index (χ2n) is 8.31. The molecule has 0 bridgehead atoms. The van der Waals surface area contributed by atoms with E-state index < -0.39 is 7.12 Å². The number of hydrogen-bond acceptors (Lipinski definition) is 5. The quantitative estimate of drug-likeness (QED) is 0.316. The van der Waals surface area contributed by atoms with E-state index in [0.717, 1.165) is 32.6 Å². The van der Waals surface area contributed by atoms with Crippen molar-refractivity contribution in [3.63, 3.8) is 0 Å². The molecular weight excluding hydrogens is 505 g/mol. The van der Waals surface area contributed by atoms with Crippen LogP contribution in [0, 0.1) is 0 Å². The van der Waals surface area contributed by atoms with E-state index in [0.29, 0.717) is 31.3 Å². The van der Waals surface area contributed by atoms with E-state index >= 15 is 0 Å². The summed E-state index contributed by atoms with van der Waals surface area (Å²) < 4.78 is 12.7. The Morgan fingerprint density at radius 1 is 1.17 bits per heavy atom. The third-order valence-electron chi connectivity index (χ3n) is 5.76. The summed E-state index contributed by atoms with van der Waals surface area (Å²) >= 11 is 3.47. The van der Waals surface area contributed by atoms with Crippen LogP contribution in [0.25, 0.3) is 11.6 Å². The molecule has 4 rings (SSSR count). The van der Waals surface area contributed by atoms with Crippen LogP contribution >= 0.6 is 15.9 Å². The van der Waals surface area contributed by atoms with Gasteiger partial charge in [0.15, 0.2) is 0 Å². The average Bonchev–Trinajstić information content (AvgIpc) is 2.88. The first kappa shape index (κ1) is 25.0. The lowest BCUT2D eigenvalue weighted by Gasteiger charge is -2.28. The highest BCUT2D eigenvalue weighted by molar-refractivity contribution is 9.10. The van der Waals surface area contributed by atoms with Crippen molar-refractivity contribution in [2.24, 2.45) is 0 Å². The van der Waals surface area contributed by atoms with Crippen LogP contribution in [-0.2, 0) is 4.65 Å². The number of rotatable bonds is 9. The van der Waals surface area contributed by atoms with Gasteiger partial charge in [-0.05, 0) is 78.1 Å². The van der Waals surface area contributed by atoms with Crippen LogP contribution < -0.4 is 4.74 Å². The number of nitrogens with zero attached hydrogens (tertiary/aromatic N) is 1. The minimum absolute atomic E-state index is 0.193. The molecule has 7 heteroatoms. The molecule has 1 atom stereocenters. The highest BCUT2D eigenvalue weighted by Gasteiger charge is 2.28. The molecule has 0 spiro atoms. The number of aromatic hydroxyl groups is 1. The number of phenolic OH excluding ortho intramolecular Hbond substituents is 1. The molecule has 2 heterocycles. The lowest BCUT2D eigenvalue weighted by atomic mass is 9.78. The predicted octanol–water partition coefficient (Wildman–Crippen LogP) is 6.31. The Bertz CT molecular complexity index is 1210. The molecular formula is C28H27BBrNO4. The maximum atomic E-state index is 10.4. The van der Waals surface area contributed by atoms with Crippen LogP contribution in [0.5, 0.6) is 11.5 Å². The Labute approximate surface area is 214 Å². The fourth-order valence-electron chi connectivity index (χ4n) is 3.99. The number of pyridine rings is 1. The average molecular weight is 532 g/mol. The highest BCUT2D eigenvalue weighted by Crippen LogP contribution is 2.32. The summed E-state index contributed by atoms with van der Waals surface area (Å²) in [6.07, 6.45) is 6.96. The molecule has 5 nitrogen and oxygen atoms in total. The number of hydrogen-bond donors (Lipinski definition) is 2. The molecule has 1 unspecified atom stereocenters. The lowest BCUT2D eigenvalue weighted by molar-refractivity contribution is 0.182. The topological polar surface area (TPSA) is 71.8 Å². The molecule has 2 aromatic carbocycles. The van der Waals surface area contributed by atoms with Crippen LogP contribution in [0.1, 0.15) is 24.1 Å². The second kappa shape index (κ2) is 12.0. The van der Waals surface area contributed by atoms with Crippen molar-refractivity contribution in [2.75, 3.05) is 6.61 Å². The summed E-state index contributed by atoms with van der Waals surface area (Å²) in [6, 6.07) is 20.7. The van der Waals surface area contributed by atoms with Gasteiger partial charge in [0.05, 0.1) is 11.8 Å². The minimum Gasteiger partial charge on any atom is -0.507 e. The second-order valence-corrected chi connectivity index (χ2v) is 9.22. The zero-order valence-electron chi connectivity index (χ0n) is 19.3. The zero-order valence-corrected chi connectivity index (χ0v) is 20.9. The Morgan fingerprint density at radius 3 is 2.74 bits per heavy atom. The summed E-state index contributed by atoms with van der Waals surface area (Å²) in [7, 11) is -0.858. The van der Waals surface area contributed by atoms with Crippen molar-refractivity contribution in [1.29, 1.82) is 0 Å². The molecule has 1 aliphatic rings. The molecule has 0 radical (unpaired) electrons. The van der Waals surface area contributed by atoms with Gasteiger partial charge in [-0.25, -0.2) is 0 Å². The molecule has 35 heavy (non-hydrogen) atoms. The molecule has 0 saturated carbocycles. The fourth-order valence-corrected chi connectivity index (χ4v) is 4.36. The van der Waals surface area contributed by atoms with Crippen molar-refractivity contribution in [1.82, 2.24) is 4.98 Å². The first-order chi connectivity index (χ1) is 17.0. The number of para-hydroxylation sites is 1. The van der Waals surface area contributed by atoms with Crippen molar-refractivity contribution in [2.45, 2.75) is 25.3 Å². The van der Waals surface area contributed by atoms with Crippen LogP contribution in [0.2, 0.25) is 6.32 Å². The Morgan fingerprint density at radius 2 is 1.97 bits per heavy atom. The van der Waals surface area contributed by atoms with E-state index in [9.17, 15) is 10.1 Å². The summed E-state index contributed by atoms with van der Waals surface area (Å²) in [6.45, 7) is 4.56. The van der Waals surface area contributed by atoms with Crippen molar-refractivity contribution in [3.05, 3.63) is 112 Å². The maximum absolute atomic E-state index is 10.4. The number of halogens is 1. The van der Waals surface area contributed by atoms with Crippen LogP contribution in [-0.4, -0.2) is 34.9 Å². The number of phenols is 1. The maximum Gasteiger partial charge on any atom is 0.458 e. The van der Waals surface area contributed by atoms with Crippen LogP contribution in [0.3, 0.4) is 0 Å². The van der Waals surface area contributed by atoms with E-state index in [4.69, 9.17) is 9.39 Å². The molecule has 0 fully saturated rings. The van der Waals surface area contributed by atoms with Gasteiger partial charge in [-0.3, -0.25) is 4.98 Å². The molecule has 0 amide bonds. The first-order valence-electron chi connectivity index (χ1n) is 11.5. The van der Waals surface area contributed by atoms with Gasteiger partial charge in [-0.1, -0.05) is 52.9 Å². The van der Waals surface area contributed by atoms with Crippen molar-refractivity contribution >= 4 is 34.7 Å². The van der Waals surface area contributed by atoms with Gasteiger partial charge in [-0.2, -0.15) is 0 Å². The van der Waals surface area contributed by atoms with Gasteiger partial charge in [0.1, 0.15) is 18.1 Å². The molecule has 178 valence electrons. The third kappa shape index (κ3) is 6.95. The molecule has 0 saturated heterocycles. The Balaban J connectivity index is 1.52. The number of allylic oxidation sites excluding steroid dienone is 2. The van der Waals surface area contributed by atoms with E-state index in [1.807, 2.05) is 66.7 Å². The van der Waals surface area contributed by atoms with Gasteiger partial charge >= 0.3 is 7.12 Å². The van der Waals surface area contributed by atoms with Gasteiger partial charge in [0.25, 0.3) is 0 Å². The summed E-state index contributed by atoms with van der Waals surface area (Å²) in [5.41, 5.74) is 4.23. The fraction of sp³-hybridized carbons (Fsp3) is 0.179. The Hall–Kier alpha value is -3.13. The summed E-state index contributed by atoms with van der Waals surface area (Å²) in [5, 5.41) is 20.6. The Kier molecular flexibility index (Phi) is 8.58. The molecule has 1 aliphatic heterocycles. The van der Waals surface area contributed by atoms with Crippen molar-refractivity contribution < 1.29 is 19.5 Å². The van der Waals surface area contributed by atoms with Crippen LogP contribution in [0.4, 0.5) is 0 Å². The number of ether oxygens (including phenoxy) is 1. The summed E-state index contributed by atoms with van der Waals surface area (Å²) in [4.78, 5) is 4.52. The van der Waals surface area contributed by atoms with Gasteiger partial charge in [0, 0.05) is 22.6 Å². The van der Waals surface area contributed by atoms with Gasteiger partial charge < -0.3 is 19.5 Å². The minimum atomic E-state index is -0.858. The van der Waals surface area contributed by atoms with Crippen LogP contribution in [0.15, 0.2) is 101 Å². The molecule has 0 aliphatic carbocycles. The molecule has 3 aromatic rings. The number of benzene rings is 2. The lowest BCUT2D eigenvalue weighted by Crippen LogP contribution is -2.32. The SMILES string of the molecule is C=C(COc1ccccc1)C1=CCB(O)OC1CC/C(=C/c1cc(Br)ccc1O)c1ccccn1. The molecule has 1 aromatic heterocycles. The normalized spacial score (nSPS) is 16.1. The molecule has 2 N–H and O–H groups in total. The number of aromatic nitrogens is 1. The highest BCUT2D eigenvalue weighted by atomic mass is 79.9. The van der Waals surface area contributed by atoms with Gasteiger partial charge in [0.2, 0.25) is 0 Å². The first-order valence-corrected chi connectivity index (χ1v) is 12.3. The van der Waals surface area contributed by atoms with E-state index in [1.165, 1.54) is 0 Å². The monoisotopic (exact) mass is 531 g/mol. The smallest absolute Gasteiger partial charge is 0.458 e. The van der Waals surface area contributed by atoms with E-state index in [-0.39, 0.29) is 11.9 Å². The third-order valence-corrected chi connectivity index (χ3v) is 6.25. The predicted molar refractivity (Wildman–Crippen MR) is 144 cm³/mol. The van der Waals surface area contributed by atoms with E-state index in [1.54, 1.807) is 18.3 Å². The standard InChI is InChI=1S/C28H27BBrNO4/c1-20(19-34-24-7-3-2-4-8-24)25-14-15-29(33)35-28(25)13-10-21(26-9-5-6-16-31-26)17-22-18-23(30)11-12-27(22)32/h2-9,11-12,14,16-18,28,32-33H,1,10,13,15,19H2/b21-17-. The zero-order chi connectivity index (χ0) is 24.6. The van der Waals surface area contributed by atoms with Crippen molar-refractivity contribution in [3.8, 4) is 11.5 Å². The summed E-state index contributed by atoms with van der Waals surface area (Å²) in [5.74, 6) is 0.967.